The predicted octanol–water partition coefficient (Wildman–Crippen LogP) is 2.77. The van der Waals surface area contributed by atoms with Gasteiger partial charge in [-0.2, -0.15) is 5.26 Å². The molecule has 1 aromatic carbocycles. The van der Waals surface area contributed by atoms with Gasteiger partial charge in [-0.05, 0) is 24.6 Å². The van der Waals surface area contributed by atoms with E-state index in [0.29, 0.717) is 4.47 Å². The zero-order valence-electron chi connectivity index (χ0n) is 7.49. The quantitative estimate of drug-likeness (QED) is 0.882. The maximum Gasteiger partial charge on any atom is 0.335 e. The highest BCUT2D eigenvalue weighted by Crippen LogP contribution is 2.25. The first kappa shape index (κ1) is 10.7. The van der Waals surface area contributed by atoms with Crippen molar-refractivity contribution in [2.45, 2.75) is 12.8 Å². The summed E-state index contributed by atoms with van der Waals surface area (Å²) in [6, 6.07) is 6.75. The fraction of sp³-hybridized carbons (Fsp3) is 0.200. The Labute approximate surface area is 90.1 Å². The van der Waals surface area contributed by atoms with E-state index in [1.54, 1.807) is 13.0 Å². The topological polar surface area (TPSA) is 61.1 Å². The zero-order chi connectivity index (χ0) is 10.7. The monoisotopic (exact) mass is 253 g/mol. The number of aromatic carboxylic acids is 1. The van der Waals surface area contributed by atoms with Crippen LogP contribution >= 0.6 is 15.9 Å². The normalized spacial score (nSPS) is 11.8. The predicted molar refractivity (Wildman–Crippen MR) is 55.1 cm³/mol. The third kappa shape index (κ3) is 2.12. The molecule has 0 saturated carbocycles. The second-order valence-corrected chi connectivity index (χ2v) is 3.75. The molecule has 0 radical (unpaired) electrons. The molecule has 3 nitrogen and oxygen atoms in total. The maximum absolute atomic E-state index is 10.6. The van der Waals surface area contributed by atoms with E-state index >= 15 is 0 Å². The van der Waals surface area contributed by atoms with Crippen LogP contribution in [0.25, 0.3) is 0 Å². The first-order valence-electron chi connectivity index (χ1n) is 3.98. The van der Waals surface area contributed by atoms with Crippen LogP contribution in [0.2, 0.25) is 0 Å². The van der Waals surface area contributed by atoms with Gasteiger partial charge in [-0.25, -0.2) is 4.79 Å². The van der Waals surface area contributed by atoms with Crippen molar-refractivity contribution in [3.05, 3.63) is 33.8 Å². The summed E-state index contributed by atoms with van der Waals surface area (Å²) in [6.07, 6.45) is 0. The summed E-state index contributed by atoms with van der Waals surface area (Å²) in [4.78, 5) is 10.6. The summed E-state index contributed by atoms with van der Waals surface area (Å²) in [5.41, 5.74) is 1.02. The Bertz CT molecular complexity index is 409. The van der Waals surface area contributed by atoms with Crippen molar-refractivity contribution >= 4 is 21.9 Å². The largest absolute Gasteiger partial charge is 0.478 e. The number of hydrogen-bond donors (Lipinski definition) is 1. The average molecular weight is 254 g/mol. The van der Waals surface area contributed by atoms with E-state index < -0.39 is 5.97 Å². The molecular formula is C10H8BrNO2. The molecule has 72 valence electrons. The summed E-state index contributed by atoms with van der Waals surface area (Å²) in [6.45, 7) is 1.76. The minimum Gasteiger partial charge on any atom is -0.478 e. The van der Waals surface area contributed by atoms with Crippen LogP contribution in [0.15, 0.2) is 22.7 Å². The van der Waals surface area contributed by atoms with Crippen LogP contribution in [-0.2, 0) is 0 Å². The lowest BCUT2D eigenvalue weighted by atomic mass is 10.0. The van der Waals surface area contributed by atoms with Crippen molar-refractivity contribution < 1.29 is 9.90 Å². The molecule has 0 aliphatic rings. The molecule has 1 atom stereocenters. The Morgan fingerprint density at radius 1 is 1.64 bits per heavy atom. The van der Waals surface area contributed by atoms with E-state index in [0.717, 1.165) is 5.56 Å². The molecule has 1 rings (SSSR count). The van der Waals surface area contributed by atoms with E-state index in [2.05, 4.69) is 22.0 Å². The van der Waals surface area contributed by atoms with E-state index in [1.165, 1.54) is 12.1 Å². The van der Waals surface area contributed by atoms with Gasteiger partial charge in [0.2, 0.25) is 0 Å². The van der Waals surface area contributed by atoms with E-state index in [4.69, 9.17) is 10.4 Å². The molecular weight excluding hydrogens is 246 g/mol. The van der Waals surface area contributed by atoms with Crippen LogP contribution in [0.3, 0.4) is 0 Å². The first-order valence-corrected chi connectivity index (χ1v) is 4.78. The number of benzene rings is 1. The van der Waals surface area contributed by atoms with Gasteiger partial charge in [0, 0.05) is 4.47 Å². The minimum absolute atomic E-state index is 0.214. The summed E-state index contributed by atoms with van der Waals surface area (Å²) in [7, 11) is 0. The molecule has 0 aliphatic heterocycles. The molecule has 14 heavy (non-hydrogen) atoms. The van der Waals surface area contributed by atoms with E-state index in [-0.39, 0.29) is 11.5 Å². The summed E-state index contributed by atoms with van der Waals surface area (Å²) in [5.74, 6) is -1.21. The first-order chi connectivity index (χ1) is 6.56. The van der Waals surface area contributed by atoms with Crippen molar-refractivity contribution in [1.29, 1.82) is 5.26 Å². The molecule has 4 heteroatoms. The van der Waals surface area contributed by atoms with Crippen molar-refractivity contribution in [3.63, 3.8) is 0 Å². The molecule has 1 aromatic rings. The average Bonchev–Trinajstić information content (AvgIpc) is 2.16. The van der Waals surface area contributed by atoms with Gasteiger partial charge in [0.25, 0.3) is 0 Å². The minimum atomic E-state index is -0.970. The number of nitriles is 1. The fourth-order valence-corrected chi connectivity index (χ4v) is 1.80. The van der Waals surface area contributed by atoms with Crippen molar-refractivity contribution in [3.8, 4) is 6.07 Å². The SMILES string of the molecule is CC(C#N)c1ccc(C(=O)O)cc1Br. The third-order valence-electron chi connectivity index (χ3n) is 1.91. The number of carboxylic acids is 1. The van der Waals surface area contributed by atoms with Crippen LogP contribution in [0.4, 0.5) is 0 Å². The summed E-state index contributed by atoms with van der Waals surface area (Å²) < 4.78 is 0.659. The van der Waals surface area contributed by atoms with Gasteiger partial charge in [0.1, 0.15) is 0 Å². The van der Waals surface area contributed by atoms with Crippen molar-refractivity contribution in [2.75, 3.05) is 0 Å². The second-order valence-electron chi connectivity index (χ2n) is 2.89. The van der Waals surface area contributed by atoms with Gasteiger partial charge in [0.15, 0.2) is 0 Å². The van der Waals surface area contributed by atoms with E-state index in [9.17, 15) is 4.79 Å². The standard InChI is InChI=1S/C10H8BrNO2/c1-6(5-12)8-3-2-7(10(13)14)4-9(8)11/h2-4,6H,1H3,(H,13,14). The number of rotatable bonds is 2. The molecule has 0 fully saturated rings. The maximum atomic E-state index is 10.6. The van der Waals surface area contributed by atoms with Crippen molar-refractivity contribution in [2.24, 2.45) is 0 Å². The van der Waals surface area contributed by atoms with Gasteiger partial charge < -0.3 is 5.11 Å². The molecule has 0 amide bonds. The summed E-state index contributed by atoms with van der Waals surface area (Å²) in [5, 5.41) is 17.4. The van der Waals surface area contributed by atoms with Gasteiger partial charge in [-0.1, -0.05) is 22.0 Å². The highest BCUT2D eigenvalue weighted by atomic mass is 79.9. The van der Waals surface area contributed by atoms with Gasteiger partial charge >= 0.3 is 5.97 Å². The number of halogens is 1. The van der Waals surface area contributed by atoms with Crippen LogP contribution in [0.1, 0.15) is 28.8 Å². The number of nitrogens with zero attached hydrogens (tertiary/aromatic N) is 1. The highest BCUT2D eigenvalue weighted by molar-refractivity contribution is 9.10. The lowest BCUT2D eigenvalue weighted by Crippen LogP contribution is -1.98. The van der Waals surface area contributed by atoms with Crippen LogP contribution in [0, 0.1) is 11.3 Å². The molecule has 0 bridgehead atoms. The molecule has 0 aromatic heterocycles. The zero-order valence-corrected chi connectivity index (χ0v) is 9.08. The van der Waals surface area contributed by atoms with Gasteiger partial charge in [-0.15, -0.1) is 0 Å². The Hall–Kier alpha value is -1.34. The molecule has 0 aliphatic carbocycles. The van der Waals surface area contributed by atoms with Crippen LogP contribution in [0.5, 0.6) is 0 Å². The lowest BCUT2D eigenvalue weighted by Gasteiger charge is -2.06. The van der Waals surface area contributed by atoms with Crippen LogP contribution in [-0.4, -0.2) is 11.1 Å². The molecule has 0 spiro atoms. The summed E-state index contributed by atoms with van der Waals surface area (Å²) >= 11 is 3.24. The Morgan fingerprint density at radius 3 is 2.71 bits per heavy atom. The van der Waals surface area contributed by atoms with Gasteiger partial charge in [-0.3, -0.25) is 0 Å². The number of carboxylic acid groups (broad SMARTS) is 1. The highest BCUT2D eigenvalue weighted by Gasteiger charge is 2.11. The Morgan fingerprint density at radius 2 is 2.29 bits per heavy atom. The molecule has 0 saturated heterocycles. The number of hydrogen-bond acceptors (Lipinski definition) is 2. The van der Waals surface area contributed by atoms with E-state index in [1.807, 2.05) is 0 Å². The lowest BCUT2D eigenvalue weighted by molar-refractivity contribution is 0.0697. The van der Waals surface area contributed by atoms with Crippen LogP contribution < -0.4 is 0 Å². The van der Waals surface area contributed by atoms with Crippen molar-refractivity contribution in [1.82, 2.24) is 0 Å². The third-order valence-corrected chi connectivity index (χ3v) is 2.59. The Kier molecular flexibility index (Phi) is 3.26. The van der Waals surface area contributed by atoms with Gasteiger partial charge in [0.05, 0.1) is 17.6 Å². The molecule has 1 N–H and O–H groups in total. The fourth-order valence-electron chi connectivity index (χ4n) is 1.08. The molecule has 0 heterocycles. The second kappa shape index (κ2) is 4.25. The number of carbonyl (C=O) groups is 1. The smallest absolute Gasteiger partial charge is 0.335 e. The molecule has 1 unspecified atom stereocenters. The Balaban J connectivity index is 3.15.